The number of halogens is 3. The number of nitrogens with one attached hydrogen (secondary N) is 1. The van der Waals surface area contributed by atoms with Gasteiger partial charge in [-0.1, -0.05) is 12.1 Å². The molecule has 1 fully saturated rings. The third-order valence-electron chi connectivity index (χ3n) is 4.34. The van der Waals surface area contributed by atoms with Crippen LogP contribution in [0.25, 0.3) is 0 Å². The Kier molecular flexibility index (Phi) is 5.89. The smallest absolute Gasteiger partial charge is 0.357 e. The van der Waals surface area contributed by atoms with Crippen molar-refractivity contribution >= 4 is 15.8 Å². The van der Waals surface area contributed by atoms with Gasteiger partial charge in [-0.05, 0) is 38.5 Å². The number of guanidine groups is 1. The van der Waals surface area contributed by atoms with Gasteiger partial charge >= 0.3 is 6.18 Å². The number of hydrogen-bond acceptors (Lipinski definition) is 3. The molecule has 0 saturated carbocycles. The molecule has 2 rings (SSSR count). The van der Waals surface area contributed by atoms with Gasteiger partial charge in [0.2, 0.25) is 0 Å². The Morgan fingerprint density at radius 3 is 2.62 bits per heavy atom. The summed E-state index contributed by atoms with van der Waals surface area (Å²) in [5, 5.41) is 3.09. The maximum absolute atomic E-state index is 12.8. The second-order valence-electron chi connectivity index (χ2n) is 6.87. The summed E-state index contributed by atoms with van der Waals surface area (Å²) in [6, 6.07) is 5.05. The maximum Gasteiger partial charge on any atom is 0.416 e. The highest BCUT2D eigenvalue weighted by Gasteiger charge is 2.41. The minimum atomic E-state index is -4.39. The van der Waals surface area contributed by atoms with Gasteiger partial charge in [-0.2, -0.15) is 13.2 Å². The van der Waals surface area contributed by atoms with Gasteiger partial charge in [0.05, 0.1) is 22.6 Å². The lowest BCUT2D eigenvalue weighted by atomic mass is 10.1. The monoisotopic (exact) mass is 391 g/mol. The van der Waals surface area contributed by atoms with Crippen LogP contribution in [0.5, 0.6) is 0 Å². The molecule has 26 heavy (non-hydrogen) atoms. The average molecular weight is 391 g/mol. The number of sulfone groups is 1. The van der Waals surface area contributed by atoms with E-state index in [1.807, 2.05) is 11.8 Å². The van der Waals surface area contributed by atoms with Gasteiger partial charge in [-0.15, -0.1) is 0 Å². The second-order valence-corrected chi connectivity index (χ2v) is 9.61. The van der Waals surface area contributed by atoms with E-state index < -0.39 is 26.3 Å². The summed E-state index contributed by atoms with van der Waals surface area (Å²) in [5.41, 5.74) is -0.264. The van der Waals surface area contributed by atoms with E-state index in [9.17, 15) is 21.6 Å². The minimum Gasteiger partial charge on any atom is -0.357 e. The normalized spacial score (nSPS) is 20.1. The van der Waals surface area contributed by atoms with Crippen molar-refractivity contribution in [3.63, 3.8) is 0 Å². The zero-order chi connectivity index (χ0) is 19.6. The molecular weight excluding hydrogens is 367 g/mol. The molecule has 1 aromatic carbocycles. The van der Waals surface area contributed by atoms with Crippen molar-refractivity contribution in [3.8, 4) is 0 Å². The Hall–Kier alpha value is -1.77. The number of hydrogen-bond donors (Lipinski definition) is 1. The van der Waals surface area contributed by atoms with Crippen LogP contribution in [0.4, 0.5) is 13.2 Å². The van der Waals surface area contributed by atoms with Crippen molar-refractivity contribution in [2.75, 3.05) is 25.4 Å². The molecule has 1 N–H and O–H groups in total. The van der Waals surface area contributed by atoms with E-state index in [0.717, 1.165) is 12.1 Å². The number of benzene rings is 1. The first kappa shape index (κ1) is 20.5. The molecule has 0 atom stereocenters. The average Bonchev–Trinajstić information content (AvgIpc) is 2.53. The van der Waals surface area contributed by atoms with Gasteiger partial charge in [0.15, 0.2) is 15.8 Å². The Morgan fingerprint density at radius 2 is 2.04 bits per heavy atom. The fourth-order valence-electron chi connectivity index (χ4n) is 2.76. The van der Waals surface area contributed by atoms with Gasteiger partial charge < -0.3 is 10.2 Å². The number of rotatable bonds is 3. The van der Waals surface area contributed by atoms with E-state index in [2.05, 4.69) is 10.3 Å². The molecule has 0 unspecified atom stereocenters. The topological polar surface area (TPSA) is 61.8 Å². The lowest BCUT2D eigenvalue weighted by Gasteiger charge is -2.39. The molecule has 1 saturated heterocycles. The first-order valence-electron chi connectivity index (χ1n) is 8.38. The van der Waals surface area contributed by atoms with Gasteiger partial charge in [0, 0.05) is 19.6 Å². The molecule has 9 heteroatoms. The van der Waals surface area contributed by atoms with Crippen LogP contribution in [0.15, 0.2) is 29.3 Å². The lowest BCUT2D eigenvalue weighted by Crippen LogP contribution is -2.57. The van der Waals surface area contributed by atoms with E-state index in [4.69, 9.17) is 0 Å². The number of aliphatic imine (C=N–C) groups is 1. The number of alkyl halides is 3. The Morgan fingerprint density at radius 1 is 1.35 bits per heavy atom. The molecule has 1 aliphatic heterocycles. The van der Waals surface area contributed by atoms with Crippen molar-refractivity contribution in [1.82, 2.24) is 10.2 Å². The summed E-state index contributed by atoms with van der Waals surface area (Å²) in [5.74, 6) is 0.529. The molecule has 0 aromatic heterocycles. The summed E-state index contributed by atoms with van der Waals surface area (Å²) in [7, 11) is -3.18. The Bertz CT molecular complexity index is 774. The highest BCUT2D eigenvalue weighted by molar-refractivity contribution is 7.92. The predicted octanol–water partition coefficient (Wildman–Crippen LogP) is 2.68. The van der Waals surface area contributed by atoms with Gasteiger partial charge in [-0.3, -0.25) is 0 Å². The fourth-order valence-corrected chi connectivity index (χ4v) is 4.13. The third kappa shape index (κ3) is 4.69. The van der Waals surface area contributed by atoms with Crippen LogP contribution in [-0.4, -0.2) is 49.4 Å². The largest absolute Gasteiger partial charge is 0.416 e. The van der Waals surface area contributed by atoms with Crippen molar-refractivity contribution < 1.29 is 21.6 Å². The van der Waals surface area contributed by atoms with Crippen molar-refractivity contribution in [2.45, 2.75) is 38.2 Å². The van der Waals surface area contributed by atoms with Crippen LogP contribution < -0.4 is 5.32 Å². The molecular formula is C17H24F3N3O2S. The summed E-state index contributed by atoms with van der Waals surface area (Å²) in [6.45, 7) is 6.46. The van der Waals surface area contributed by atoms with Crippen molar-refractivity contribution in [1.29, 1.82) is 0 Å². The van der Waals surface area contributed by atoms with Crippen LogP contribution >= 0.6 is 0 Å². The van der Waals surface area contributed by atoms with Gasteiger partial charge in [0.25, 0.3) is 0 Å². The van der Waals surface area contributed by atoms with Crippen molar-refractivity contribution in [3.05, 3.63) is 35.4 Å². The van der Waals surface area contributed by atoms with Gasteiger partial charge in [-0.25, -0.2) is 13.4 Å². The zero-order valence-electron chi connectivity index (χ0n) is 15.1. The summed E-state index contributed by atoms with van der Waals surface area (Å²) < 4.78 is 61.9. The van der Waals surface area contributed by atoms with E-state index in [-0.39, 0.29) is 18.8 Å². The molecule has 0 bridgehead atoms. The Labute approximate surface area is 152 Å². The van der Waals surface area contributed by atoms with E-state index >= 15 is 0 Å². The van der Waals surface area contributed by atoms with Crippen LogP contribution in [0, 0.1) is 0 Å². The molecule has 0 aliphatic carbocycles. The van der Waals surface area contributed by atoms with Crippen LogP contribution in [0.1, 0.15) is 31.9 Å². The SMILES string of the molecule is CCNC(=NCc1cccc(C(F)(F)F)c1)N1CCS(=O)(=O)C(C)(C)C1. The van der Waals surface area contributed by atoms with Crippen molar-refractivity contribution in [2.24, 2.45) is 4.99 Å². The fraction of sp³-hybridized carbons (Fsp3) is 0.588. The third-order valence-corrected chi connectivity index (χ3v) is 6.88. The highest BCUT2D eigenvalue weighted by Crippen LogP contribution is 2.29. The summed E-state index contributed by atoms with van der Waals surface area (Å²) in [4.78, 5) is 6.26. The number of nitrogens with zero attached hydrogens (tertiary/aromatic N) is 2. The molecule has 1 heterocycles. The van der Waals surface area contributed by atoms with Crippen LogP contribution in [0.2, 0.25) is 0 Å². The van der Waals surface area contributed by atoms with E-state index in [1.54, 1.807) is 19.9 Å². The minimum absolute atomic E-state index is 0.0218. The molecule has 146 valence electrons. The standard InChI is InChI=1S/C17H24F3N3O2S/c1-4-21-15(23-8-9-26(24,25)16(2,3)12-23)22-11-13-6-5-7-14(10-13)17(18,19)20/h5-7,10H,4,8-9,11-12H2,1-3H3,(H,21,22). The predicted molar refractivity (Wildman–Crippen MR) is 95.7 cm³/mol. The molecule has 1 aromatic rings. The second kappa shape index (κ2) is 7.46. The van der Waals surface area contributed by atoms with Crippen LogP contribution in [0.3, 0.4) is 0 Å². The molecule has 5 nitrogen and oxygen atoms in total. The maximum atomic E-state index is 12.8. The Balaban J connectivity index is 2.20. The quantitative estimate of drug-likeness (QED) is 0.636. The van der Waals surface area contributed by atoms with E-state index in [1.165, 1.54) is 6.07 Å². The first-order valence-corrected chi connectivity index (χ1v) is 10.0. The molecule has 0 spiro atoms. The highest BCUT2D eigenvalue weighted by atomic mass is 32.2. The summed E-state index contributed by atoms with van der Waals surface area (Å²) in [6.07, 6.45) is -4.39. The molecule has 0 amide bonds. The van der Waals surface area contributed by atoms with E-state index in [0.29, 0.717) is 24.6 Å². The van der Waals surface area contributed by atoms with Gasteiger partial charge in [0.1, 0.15) is 0 Å². The summed E-state index contributed by atoms with van der Waals surface area (Å²) >= 11 is 0. The zero-order valence-corrected chi connectivity index (χ0v) is 15.9. The molecule has 0 radical (unpaired) electrons. The van der Waals surface area contributed by atoms with Crippen LogP contribution in [-0.2, 0) is 22.6 Å². The molecule has 1 aliphatic rings. The lowest BCUT2D eigenvalue weighted by molar-refractivity contribution is -0.137. The first-order chi connectivity index (χ1) is 12.0.